The molecule has 0 radical (unpaired) electrons. The molecule has 3 aliphatic rings. The molecule has 1 atom stereocenters. The standard InChI is InChI=1S/C21H21N3O6S/c1-27-18(28-2)9-22-19(25)13-5-3-12(4-6-13)10-24-20(26)14-7-16-17(30-11-29-16)8-15(14)23-21(24)31/h3-8,14,18H,9-11H2,1-2H3,(H,22,25). The van der Waals surface area contributed by atoms with Gasteiger partial charge in [0.15, 0.2) is 17.8 Å². The lowest BCUT2D eigenvalue weighted by Crippen LogP contribution is -2.45. The normalized spacial score (nSPS) is 19.6. The molecule has 1 aromatic carbocycles. The van der Waals surface area contributed by atoms with E-state index in [0.717, 1.165) is 5.56 Å². The zero-order valence-electron chi connectivity index (χ0n) is 17.0. The molecule has 0 aromatic heterocycles. The first kappa shape index (κ1) is 21.2. The number of thiocarbonyl (C=S) groups is 1. The van der Waals surface area contributed by atoms with Crippen LogP contribution in [0, 0.1) is 5.92 Å². The van der Waals surface area contributed by atoms with E-state index in [-0.39, 0.29) is 36.8 Å². The van der Waals surface area contributed by atoms with Crippen molar-refractivity contribution in [2.24, 2.45) is 10.9 Å². The molecule has 1 aliphatic carbocycles. The first-order valence-electron chi connectivity index (χ1n) is 9.56. The van der Waals surface area contributed by atoms with Crippen molar-refractivity contribution < 1.29 is 28.5 Å². The third-order valence-corrected chi connectivity index (χ3v) is 5.40. The topological polar surface area (TPSA) is 98.7 Å². The van der Waals surface area contributed by atoms with Crippen molar-refractivity contribution in [1.29, 1.82) is 0 Å². The van der Waals surface area contributed by atoms with Gasteiger partial charge < -0.3 is 24.3 Å². The third kappa shape index (κ3) is 4.36. The maximum Gasteiger partial charge on any atom is 0.251 e. The predicted molar refractivity (Wildman–Crippen MR) is 114 cm³/mol. The Morgan fingerprint density at radius 3 is 2.68 bits per heavy atom. The molecule has 0 bridgehead atoms. The van der Waals surface area contributed by atoms with Crippen molar-refractivity contribution in [3.05, 3.63) is 59.1 Å². The lowest BCUT2D eigenvalue weighted by molar-refractivity contribution is -0.129. The Morgan fingerprint density at radius 2 is 1.97 bits per heavy atom. The van der Waals surface area contributed by atoms with E-state index in [9.17, 15) is 9.59 Å². The number of fused-ring (bicyclic) bond motifs is 2. The van der Waals surface area contributed by atoms with Crippen LogP contribution in [-0.2, 0) is 30.3 Å². The molecule has 1 fully saturated rings. The van der Waals surface area contributed by atoms with Crippen molar-refractivity contribution in [1.82, 2.24) is 10.2 Å². The van der Waals surface area contributed by atoms with Crippen molar-refractivity contribution in [2.45, 2.75) is 12.8 Å². The minimum absolute atomic E-state index is 0.123. The van der Waals surface area contributed by atoms with Gasteiger partial charge in [0.05, 0.1) is 18.8 Å². The second-order valence-corrected chi connectivity index (χ2v) is 7.34. The molecule has 0 spiro atoms. The maximum absolute atomic E-state index is 13.0. The van der Waals surface area contributed by atoms with Gasteiger partial charge in [-0.2, -0.15) is 0 Å². The Kier molecular flexibility index (Phi) is 6.12. The van der Waals surface area contributed by atoms with Crippen LogP contribution in [0.2, 0.25) is 0 Å². The quantitative estimate of drug-likeness (QED) is 0.504. The van der Waals surface area contributed by atoms with Gasteiger partial charge in [0.2, 0.25) is 17.8 Å². The van der Waals surface area contributed by atoms with Crippen LogP contribution in [0.1, 0.15) is 15.9 Å². The van der Waals surface area contributed by atoms with Crippen LogP contribution in [0.25, 0.3) is 0 Å². The Morgan fingerprint density at radius 1 is 1.26 bits per heavy atom. The highest BCUT2D eigenvalue weighted by Crippen LogP contribution is 2.31. The van der Waals surface area contributed by atoms with Crippen LogP contribution in [0.5, 0.6) is 0 Å². The summed E-state index contributed by atoms with van der Waals surface area (Å²) in [5.41, 5.74) is 1.85. The molecule has 1 N–H and O–H groups in total. The lowest BCUT2D eigenvalue weighted by Gasteiger charge is -2.30. The number of amides is 2. The molecule has 1 aromatic rings. The molecule has 9 nitrogen and oxygen atoms in total. The summed E-state index contributed by atoms with van der Waals surface area (Å²) < 4.78 is 20.8. The van der Waals surface area contributed by atoms with Gasteiger partial charge in [0, 0.05) is 25.9 Å². The van der Waals surface area contributed by atoms with Gasteiger partial charge in [0.25, 0.3) is 5.91 Å². The van der Waals surface area contributed by atoms with Crippen LogP contribution in [-0.4, -0.2) is 61.4 Å². The first-order chi connectivity index (χ1) is 15.0. The fraction of sp³-hybridized carbons (Fsp3) is 0.333. The van der Waals surface area contributed by atoms with Crippen LogP contribution < -0.4 is 5.32 Å². The van der Waals surface area contributed by atoms with Gasteiger partial charge in [-0.25, -0.2) is 4.99 Å². The number of ether oxygens (including phenoxy) is 4. The molecule has 2 aliphatic heterocycles. The number of hydrogen-bond acceptors (Lipinski definition) is 7. The van der Waals surface area contributed by atoms with E-state index in [4.69, 9.17) is 31.2 Å². The van der Waals surface area contributed by atoms with Crippen LogP contribution in [0.3, 0.4) is 0 Å². The summed E-state index contributed by atoms with van der Waals surface area (Å²) in [6, 6.07) is 6.93. The van der Waals surface area contributed by atoms with E-state index in [2.05, 4.69) is 10.3 Å². The van der Waals surface area contributed by atoms with Crippen molar-refractivity contribution >= 4 is 34.9 Å². The average Bonchev–Trinajstić information content (AvgIpc) is 3.24. The van der Waals surface area contributed by atoms with Gasteiger partial charge in [-0.1, -0.05) is 12.1 Å². The van der Waals surface area contributed by atoms with E-state index in [1.165, 1.54) is 19.1 Å². The summed E-state index contributed by atoms with van der Waals surface area (Å²) >= 11 is 5.35. The number of carbonyl (C=O) groups excluding carboxylic acids is 2. The molecular weight excluding hydrogens is 422 g/mol. The molecule has 1 saturated heterocycles. The summed E-state index contributed by atoms with van der Waals surface area (Å²) in [6.45, 7) is 0.600. The fourth-order valence-corrected chi connectivity index (χ4v) is 3.63. The lowest BCUT2D eigenvalue weighted by atomic mass is 9.93. The largest absolute Gasteiger partial charge is 0.454 e. The average molecular weight is 443 g/mol. The SMILES string of the molecule is COC(CNC(=O)c1ccc(CN2C(=O)C3C=C4OCOC4=CC3=NC2=S)cc1)OC. The minimum atomic E-state index is -0.563. The number of benzene rings is 1. The molecule has 162 valence electrons. The number of nitrogens with zero attached hydrogens (tertiary/aromatic N) is 2. The van der Waals surface area contributed by atoms with E-state index in [1.54, 1.807) is 36.4 Å². The Hall–Kier alpha value is -3.08. The van der Waals surface area contributed by atoms with E-state index < -0.39 is 12.2 Å². The van der Waals surface area contributed by atoms with Crippen molar-refractivity contribution in [3.63, 3.8) is 0 Å². The van der Waals surface area contributed by atoms with Crippen LogP contribution >= 0.6 is 12.2 Å². The molecule has 31 heavy (non-hydrogen) atoms. The highest BCUT2D eigenvalue weighted by atomic mass is 32.1. The summed E-state index contributed by atoms with van der Waals surface area (Å²) in [7, 11) is 3.00. The van der Waals surface area contributed by atoms with Gasteiger partial charge in [0.1, 0.15) is 5.92 Å². The molecule has 0 saturated carbocycles. The van der Waals surface area contributed by atoms with Crippen molar-refractivity contribution in [3.8, 4) is 0 Å². The smallest absolute Gasteiger partial charge is 0.251 e. The second kappa shape index (κ2) is 8.96. The number of nitrogens with one attached hydrogen (secondary N) is 1. The van der Waals surface area contributed by atoms with Gasteiger partial charge in [-0.15, -0.1) is 0 Å². The Labute approximate surface area is 184 Å². The van der Waals surface area contributed by atoms with Crippen LogP contribution in [0.4, 0.5) is 0 Å². The molecular formula is C21H21N3O6S. The zero-order chi connectivity index (χ0) is 22.0. The monoisotopic (exact) mass is 443 g/mol. The highest BCUT2D eigenvalue weighted by Gasteiger charge is 2.38. The minimum Gasteiger partial charge on any atom is -0.454 e. The predicted octanol–water partition coefficient (Wildman–Crippen LogP) is 1.51. The van der Waals surface area contributed by atoms with Crippen molar-refractivity contribution in [2.75, 3.05) is 27.6 Å². The molecule has 1 unspecified atom stereocenters. The van der Waals surface area contributed by atoms with E-state index in [1.807, 2.05) is 0 Å². The van der Waals surface area contributed by atoms with Crippen LogP contribution in [0.15, 0.2) is 52.9 Å². The molecule has 2 amide bonds. The Bertz CT molecular complexity index is 997. The zero-order valence-corrected chi connectivity index (χ0v) is 17.8. The third-order valence-electron chi connectivity index (χ3n) is 5.09. The second-order valence-electron chi connectivity index (χ2n) is 6.98. The number of aliphatic imine (C=N–C) groups is 1. The summed E-state index contributed by atoms with van der Waals surface area (Å²) in [5, 5.41) is 2.93. The van der Waals surface area contributed by atoms with E-state index >= 15 is 0 Å². The number of rotatable bonds is 7. The molecule has 2 heterocycles. The van der Waals surface area contributed by atoms with Gasteiger partial charge in [-0.05, 0) is 36.0 Å². The van der Waals surface area contributed by atoms with Gasteiger partial charge >= 0.3 is 0 Å². The molecule has 4 rings (SSSR count). The van der Waals surface area contributed by atoms with E-state index in [0.29, 0.717) is 22.8 Å². The highest BCUT2D eigenvalue weighted by molar-refractivity contribution is 7.80. The number of methoxy groups -OCH3 is 2. The first-order valence-corrected chi connectivity index (χ1v) is 9.97. The summed E-state index contributed by atoms with van der Waals surface area (Å²) in [6.07, 6.45) is 2.89. The summed E-state index contributed by atoms with van der Waals surface area (Å²) in [5.74, 6) is 0.117. The number of hydrogen-bond donors (Lipinski definition) is 1. The number of allylic oxidation sites excluding steroid dienone is 1. The number of carbonyl (C=O) groups is 2. The van der Waals surface area contributed by atoms with Gasteiger partial charge in [-0.3, -0.25) is 14.5 Å². The maximum atomic E-state index is 13.0. The molecule has 10 heteroatoms. The Balaban J connectivity index is 1.43. The summed E-state index contributed by atoms with van der Waals surface area (Å²) in [4.78, 5) is 31.2. The fourth-order valence-electron chi connectivity index (χ4n) is 3.37.